The van der Waals surface area contributed by atoms with Gasteiger partial charge in [-0.05, 0) is 36.4 Å². The second-order valence-corrected chi connectivity index (χ2v) is 4.58. The first-order valence-corrected chi connectivity index (χ1v) is 6.00. The number of nitrogens with one attached hydrogen (secondary N) is 1. The summed E-state index contributed by atoms with van der Waals surface area (Å²) in [5.41, 5.74) is 5.55. The second kappa shape index (κ2) is 5.47. The zero-order valence-electron chi connectivity index (χ0n) is 9.58. The van der Waals surface area contributed by atoms with E-state index in [9.17, 15) is 4.39 Å². The van der Waals surface area contributed by atoms with E-state index in [-0.39, 0.29) is 22.2 Å². The summed E-state index contributed by atoms with van der Waals surface area (Å²) in [5.74, 6) is -0.552. The molecule has 2 aromatic rings. The number of nitrogen functional groups attached to an aromatic ring is 1. The van der Waals surface area contributed by atoms with E-state index in [2.05, 4.69) is 0 Å². The van der Waals surface area contributed by atoms with E-state index < -0.39 is 5.82 Å². The molecule has 2 rings (SSSR count). The Labute approximate surface area is 119 Å². The Hall–Kier alpha value is -1.78. The van der Waals surface area contributed by atoms with Crippen LogP contribution in [0.1, 0.15) is 5.56 Å². The molecule has 3 N–H and O–H groups in total. The molecule has 98 valence electrons. The molecule has 0 unspecified atom stereocenters. The standard InChI is InChI=1S/C13H9Cl2FN2O/c14-8-2-4-11(9(15)6-8)19-12-3-1-7(13(17)18)5-10(12)16/h1-6H,(H3,17,18). The lowest BCUT2D eigenvalue weighted by atomic mass is 10.2. The van der Waals surface area contributed by atoms with Crippen LogP contribution in [-0.4, -0.2) is 5.84 Å². The van der Waals surface area contributed by atoms with Gasteiger partial charge in [0.05, 0.1) is 5.02 Å². The highest BCUT2D eigenvalue weighted by Gasteiger charge is 2.10. The lowest BCUT2D eigenvalue weighted by Gasteiger charge is -2.09. The Morgan fingerprint density at radius 1 is 1.11 bits per heavy atom. The van der Waals surface area contributed by atoms with Gasteiger partial charge >= 0.3 is 0 Å². The highest BCUT2D eigenvalue weighted by Crippen LogP contribution is 2.32. The van der Waals surface area contributed by atoms with Crippen molar-refractivity contribution < 1.29 is 9.13 Å². The minimum atomic E-state index is -0.626. The predicted octanol–water partition coefficient (Wildman–Crippen LogP) is 4.21. The van der Waals surface area contributed by atoms with E-state index in [0.717, 1.165) is 6.07 Å². The first-order chi connectivity index (χ1) is 8.97. The molecular weight excluding hydrogens is 290 g/mol. The Morgan fingerprint density at radius 3 is 2.37 bits per heavy atom. The van der Waals surface area contributed by atoms with Gasteiger partial charge in [-0.2, -0.15) is 0 Å². The minimum absolute atomic E-state index is 0.00535. The third kappa shape index (κ3) is 3.16. The van der Waals surface area contributed by atoms with Gasteiger partial charge < -0.3 is 10.5 Å². The molecule has 0 atom stereocenters. The van der Waals surface area contributed by atoms with Gasteiger partial charge in [0.25, 0.3) is 0 Å². The number of ether oxygens (including phenoxy) is 1. The highest BCUT2D eigenvalue weighted by molar-refractivity contribution is 6.35. The van der Waals surface area contributed by atoms with Gasteiger partial charge in [-0.3, -0.25) is 5.41 Å². The zero-order valence-corrected chi connectivity index (χ0v) is 11.1. The Balaban J connectivity index is 2.31. The molecule has 0 heterocycles. The third-order valence-electron chi connectivity index (χ3n) is 2.36. The molecule has 2 aromatic carbocycles. The molecule has 0 bridgehead atoms. The number of benzene rings is 2. The van der Waals surface area contributed by atoms with Crippen LogP contribution >= 0.6 is 23.2 Å². The van der Waals surface area contributed by atoms with Crippen molar-refractivity contribution in [2.75, 3.05) is 0 Å². The Bertz CT molecular complexity index is 647. The van der Waals surface area contributed by atoms with Gasteiger partial charge in [0.1, 0.15) is 11.6 Å². The number of hydrogen-bond donors (Lipinski definition) is 2. The molecule has 19 heavy (non-hydrogen) atoms. The normalized spacial score (nSPS) is 10.3. The average molecular weight is 299 g/mol. The summed E-state index contributed by atoms with van der Waals surface area (Å²) >= 11 is 11.7. The number of rotatable bonds is 3. The molecule has 0 aliphatic carbocycles. The summed E-state index contributed by atoms with van der Waals surface area (Å²) in [5, 5.41) is 7.96. The summed E-state index contributed by atoms with van der Waals surface area (Å²) in [6.07, 6.45) is 0. The van der Waals surface area contributed by atoms with Crippen LogP contribution in [0, 0.1) is 11.2 Å². The molecule has 0 radical (unpaired) electrons. The van der Waals surface area contributed by atoms with Crippen molar-refractivity contribution in [1.29, 1.82) is 5.41 Å². The Morgan fingerprint density at radius 2 is 1.79 bits per heavy atom. The lowest BCUT2D eigenvalue weighted by molar-refractivity contribution is 0.442. The van der Waals surface area contributed by atoms with Crippen LogP contribution in [0.5, 0.6) is 11.5 Å². The van der Waals surface area contributed by atoms with E-state index in [1.165, 1.54) is 18.2 Å². The van der Waals surface area contributed by atoms with Gasteiger partial charge in [0.15, 0.2) is 11.6 Å². The summed E-state index contributed by atoms with van der Waals surface area (Å²) < 4.78 is 19.1. The fourth-order valence-corrected chi connectivity index (χ4v) is 1.87. The van der Waals surface area contributed by atoms with Crippen LogP contribution in [0.3, 0.4) is 0 Å². The molecule has 0 amide bonds. The first kappa shape index (κ1) is 13.6. The van der Waals surface area contributed by atoms with Crippen LogP contribution in [0.2, 0.25) is 10.0 Å². The van der Waals surface area contributed by atoms with Crippen molar-refractivity contribution in [3.63, 3.8) is 0 Å². The van der Waals surface area contributed by atoms with Crippen molar-refractivity contribution >= 4 is 29.0 Å². The quantitative estimate of drug-likeness (QED) is 0.659. The largest absolute Gasteiger partial charge is 0.453 e. The lowest BCUT2D eigenvalue weighted by Crippen LogP contribution is -2.11. The van der Waals surface area contributed by atoms with Crippen molar-refractivity contribution in [1.82, 2.24) is 0 Å². The van der Waals surface area contributed by atoms with Crippen molar-refractivity contribution in [2.24, 2.45) is 5.73 Å². The molecule has 0 fully saturated rings. The van der Waals surface area contributed by atoms with Crippen LogP contribution in [-0.2, 0) is 0 Å². The summed E-state index contributed by atoms with van der Waals surface area (Å²) in [7, 11) is 0. The second-order valence-electron chi connectivity index (χ2n) is 3.74. The molecule has 0 aliphatic heterocycles. The SMILES string of the molecule is N=C(N)c1ccc(Oc2ccc(Cl)cc2Cl)c(F)c1. The third-order valence-corrected chi connectivity index (χ3v) is 2.89. The molecule has 0 spiro atoms. The summed E-state index contributed by atoms with van der Waals surface area (Å²) in [4.78, 5) is 0. The first-order valence-electron chi connectivity index (χ1n) is 5.24. The van der Waals surface area contributed by atoms with E-state index in [1.54, 1.807) is 12.1 Å². The fraction of sp³-hybridized carbons (Fsp3) is 0. The monoisotopic (exact) mass is 298 g/mol. The minimum Gasteiger partial charge on any atom is -0.453 e. The zero-order chi connectivity index (χ0) is 14.0. The Kier molecular flexibility index (Phi) is 3.93. The van der Waals surface area contributed by atoms with Crippen LogP contribution in [0.4, 0.5) is 4.39 Å². The molecular formula is C13H9Cl2FN2O. The number of amidine groups is 1. The maximum atomic E-state index is 13.8. The van der Waals surface area contributed by atoms with Crippen LogP contribution in [0.15, 0.2) is 36.4 Å². The maximum absolute atomic E-state index is 13.8. The van der Waals surface area contributed by atoms with Crippen molar-refractivity contribution in [2.45, 2.75) is 0 Å². The number of nitrogens with two attached hydrogens (primary N) is 1. The number of hydrogen-bond acceptors (Lipinski definition) is 2. The molecule has 6 heteroatoms. The predicted molar refractivity (Wildman–Crippen MR) is 74.0 cm³/mol. The molecule has 0 saturated carbocycles. The maximum Gasteiger partial charge on any atom is 0.166 e. The van der Waals surface area contributed by atoms with E-state index >= 15 is 0 Å². The smallest absolute Gasteiger partial charge is 0.166 e. The molecule has 0 aliphatic rings. The van der Waals surface area contributed by atoms with Gasteiger partial charge in [-0.1, -0.05) is 23.2 Å². The van der Waals surface area contributed by atoms with E-state index in [1.807, 2.05) is 0 Å². The van der Waals surface area contributed by atoms with Gasteiger partial charge in [0, 0.05) is 10.6 Å². The molecule has 3 nitrogen and oxygen atoms in total. The van der Waals surface area contributed by atoms with E-state index in [0.29, 0.717) is 10.8 Å². The van der Waals surface area contributed by atoms with Crippen LogP contribution < -0.4 is 10.5 Å². The highest BCUT2D eigenvalue weighted by atomic mass is 35.5. The average Bonchev–Trinajstić information content (AvgIpc) is 2.34. The van der Waals surface area contributed by atoms with E-state index in [4.69, 9.17) is 39.1 Å². The van der Waals surface area contributed by atoms with Crippen molar-refractivity contribution in [3.05, 3.63) is 57.8 Å². The summed E-state index contributed by atoms with van der Waals surface area (Å²) in [6, 6.07) is 8.64. The summed E-state index contributed by atoms with van der Waals surface area (Å²) in [6.45, 7) is 0. The fourth-order valence-electron chi connectivity index (χ4n) is 1.43. The molecule has 0 aromatic heterocycles. The molecule has 0 saturated heterocycles. The van der Waals surface area contributed by atoms with Gasteiger partial charge in [0.2, 0.25) is 0 Å². The number of halogens is 3. The van der Waals surface area contributed by atoms with Crippen LogP contribution in [0.25, 0.3) is 0 Å². The van der Waals surface area contributed by atoms with Gasteiger partial charge in [-0.25, -0.2) is 4.39 Å². The van der Waals surface area contributed by atoms with Crippen molar-refractivity contribution in [3.8, 4) is 11.5 Å². The topological polar surface area (TPSA) is 59.1 Å². The van der Waals surface area contributed by atoms with Gasteiger partial charge in [-0.15, -0.1) is 0 Å².